The van der Waals surface area contributed by atoms with Gasteiger partial charge in [0, 0.05) is 19.4 Å². The molecule has 0 spiro atoms. The average molecular weight is 589 g/mol. The van der Waals surface area contributed by atoms with Crippen molar-refractivity contribution in [1.82, 2.24) is 15.5 Å². The molecule has 4 atom stereocenters. The molecule has 0 bridgehead atoms. The van der Waals surface area contributed by atoms with Crippen molar-refractivity contribution in [2.45, 2.75) is 56.3 Å². The molecule has 1 saturated heterocycles. The van der Waals surface area contributed by atoms with Gasteiger partial charge in [0.15, 0.2) is 0 Å². The minimum Gasteiger partial charge on any atom is -0.508 e. The van der Waals surface area contributed by atoms with Crippen LogP contribution in [0.1, 0.15) is 29.5 Å². The Kier molecular flexibility index (Phi) is 10.3. The molecule has 3 aromatic rings. The van der Waals surface area contributed by atoms with Crippen LogP contribution in [0.4, 0.5) is 0 Å². The highest BCUT2D eigenvalue weighted by atomic mass is 16.4. The third-order valence-electron chi connectivity index (χ3n) is 7.46. The number of nitrogens with one attached hydrogen (secondary N) is 2. The number of likely N-dealkylation sites (tertiary alicyclic amines) is 1. The van der Waals surface area contributed by atoms with Crippen LogP contribution in [0, 0.1) is 0 Å². The Bertz CT molecular complexity index is 1410. The number of amides is 3. The maximum absolute atomic E-state index is 13.9. The van der Waals surface area contributed by atoms with E-state index in [-0.39, 0.29) is 37.3 Å². The van der Waals surface area contributed by atoms with Gasteiger partial charge < -0.3 is 36.6 Å². The van der Waals surface area contributed by atoms with Crippen LogP contribution < -0.4 is 16.4 Å². The Balaban J connectivity index is 1.49. The summed E-state index contributed by atoms with van der Waals surface area (Å²) in [5, 5.41) is 34.3. The van der Waals surface area contributed by atoms with Crippen molar-refractivity contribution in [1.29, 1.82) is 0 Å². The first kappa shape index (κ1) is 31.0. The summed E-state index contributed by atoms with van der Waals surface area (Å²) < 4.78 is 0. The molecule has 0 aliphatic carbocycles. The van der Waals surface area contributed by atoms with Crippen molar-refractivity contribution in [2.24, 2.45) is 5.73 Å². The van der Waals surface area contributed by atoms with Crippen LogP contribution in [0.15, 0.2) is 78.9 Å². The Morgan fingerprint density at radius 2 is 1.30 bits per heavy atom. The van der Waals surface area contributed by atoms with Gasteiger partial charge in [0.25, 0.3) is 0 Å². The van der Waals surface area contributed by atoms with Gasteiger partial charge in [-0.1, -0.05) is 54.6 Å². The zero-order valence-corrected chi connectivity index (χ0v) is 23.6. The SMILES string of the molecule is NC(Cc1ccccc1)C(=O)NC(Cc1ccc(O)cc1)C(=O)N1CCCC1C(=O)NC(Cc1ccc(O)cc1)C(=O)O. The number of phenols is 2. The lowest BCUT2D eigenvalue weighted by molar-refractivity contribution is -0.144. The van der Waals surface area contributed by atoms with Crippen LogP contribution in [-0.2, 0) is 38.4 Å². The van der Waals surface area contributed by atoms with Crippen LogP contribution in [-0.4, -0.2) is 74.6 Å². The second-order valence-corrected chi connectivity index (χ2v) is 10.7. The topological polar surface area (TPSA) is 182 Å². The van der Waals surface area contributed by atoms with Crippen LogP contribution in [0.2, 0.25) is 0 Å². The van der Waals surface area contributed by atoms with E-state index < -0.39 is 47.9 Å². The predicted octanol–water partition coefficient (Wildman–Crippen LogP) is 1.50. The number of nitrogens with zero attached hydrogens (tertiary/aromatic N) is 1. The fraction of sp³-hybridized carbons (Fsp3) is 0.312. The number of hydrogen-bond donors (Lipinski definition) is 6. The lowest BCUT2D eigenvalue weighted by atomic mass is 10.0. The molecule has 3 amide bonds. The van der Waals surface area contributed by atoms with E-state index in [9.17, 15) is 34.5 Å². The number of nitrogens with two attached hydrogens (primary N) is 1. The largest absolute Gasteiger partial charge is 0.508 e. The van der Waals surface area contributed by atoms with Crippen molar-refractivity contribution in [2.75, 3.05) is 6.54 Å². The predicted molar refractivity (Wildman–Crippen MR) is 158 cm³/mol. The summed E-state index contributed by atoms with van der Waals surface area (Å²) in [6, 6.07) is 17.3. The number of carbonyl (C=O) groups is 4. The highest BCUT2D eigenvalue weighted by Crippen LogP contribution is 2.21. The first-order chi connectivity index (χ1) is 20.6. The summed E-state index contributed by atoms with van der Waals surface area (Å²) in [5.74, 6) is -2.76. The normalized spacial score (nSPS) is 16.6. The first-order valence-corrected chi connectivity index (χ1v) is 14.1. The van der Waals surface area contributed by atoms with Crippen molar-refractivity contribution in [3.8, 4) is 11.5 Å². The molecule has 0 saturated carbocycles. The summed E-state index contributed by atoms with van der Waals surface area (Å²) in [6.07, 6.45) is 1.19. The maximum Gasteiger partial charge on any atom is 0.326 e. The Labute approximate surface area is 249 Å². The number of carboxylic acid groups (broad SMARTS) is 1. The summed E-state index contributed by atoms with van der Waals surface area (Å²) in [6.45, 7) is 0.255. The zero-order chi connectivity index (χ0) is 30.9. The van der Waals surface area contributed by atoms with E-state index in [1.165, 1.54) is 29.2 Å². The van der Waals surface area contributed by atoms with Gasteiger partial charge in [0.1, 0.15) is 29.6 Å². The molecule has 0 radical (unpaired) electrons. The van der Waals surface area contributed by atoms with E-state index in [4.69, 9.17) is 5.73 Å². The lowest BCUT2D eigenvalue weighted by Crippen LogP contribution is -2.57. The number of phenolic OH excluding ortho intramolecular Hbond substituents is 2. The molecule has 43 heavy (non-hydrogen) atoms. The fourth-order valence-electron chi connectivity index (χ4n) is 5.15. The molecule has 1 heterocycles. The summed E-state index contributed by atoms with van der Waals surface area (Å²) in [4.78, 5) is 53.7. The minimum atomic E-state index is -1.25. The smallest absolute Gasteiger partial charge is 0.326 e. The van der Waals surface area contributed by atoms with Gasteiger partial charge >= 0.3 is 5.97 Å². The fourth-order valence-corrected chi connectivity index (χ4v) is 5.15. The number of hydrogen-bond acceptors (Lipinski definition) is 7. The lowest BCUT2D eigenvalue weighted by Gasteiger charge is -2.30. The molecule has 11 nitrogen and oxygen atoms in total. The van der Waals surface area contributed by atoms with Crippen molar-refractivity contribution < 1.29 is 34.5 Å². The van der Waals surface area contributed by atoms with Crippen molar-refractivity contribution >= 4 is 23.7 Å². The molecule has 4 rings (SSSR count). The maximum atomic E-state index is 13.9. The molecular formula is C32H36N4O7. The molecule has 0 aromatic heterocycles. The summed E-state index contributed by atoms with van der Waals surface area (Å²) >= 11 is 0. The molecule has 1 fully saturated rings. The van der Waals surface area contributed by atoms with Gasteiger partial charge in [-0.3, -0.25) is 14.4 Å². The average Bonchev–Trinajstić information content (AvgIpc) is 3.49. The Morgan fingerprint density at radius 1 is 0.767 bits per heavy atom. The van der Waals surface area contributed by atoms with Crippen LogP contribution in [0.5, 0.6) is 11.5 Å². The van der Waals surface area contributed by atoms with Gasteiger partial charge in [0.05, 0.1) is 6.04 Å². The summed E-state index contributed by atoms with van der Waals surface area (Å²) in [7, 11) is 0. The number of aromatic hydroxyl groups is 2. The number of benzene rings is 3. The van der Waals surface area contributed by atoms with Crippen LogP contribution >= 0.6 is 0 Å². The van der Waals surface area contributed by atoms with E-state index in [2.05, 4.69) is 10.6 Å². The third-order valence-corrected chi connectivity index (χ3v) is 7.46. The molecule has 11 heteroatoms. The molecule has 4 unspecified atom stereocenters. The number of rotatable bonds is 12. The van der Waals surface area contributed by atoms with Gasteiger partial charge in [-0.05, 0) is 60.2 Å². The van der Waals surface area contributed by atoms with Gasteiger partial charge in [0.2, 0.25) is 17.7 Å². The molecule has 7 N–H and O–H groups in total. The second-order valence-electron chi connectivity index (χ2n) is 10.7. The number of carboxylic acids is 1. The van der Waals surface area contributed by atoms with Crippen molar-refractivity contribution in [3.63, 3.8) is 0 Å². The molecular weight excluding hydrogens is 552 g/mol. The molecule has 3 aromatic carbocycles. The third kappa shape index (κ3) is 8.55. The highest BCUT2D eigenvalue weighted by Gasteiger charge is 2.39. The molecule has 1 aliphatic heterocycles. The second kappa shape index (κ2) is 14.3. The van der Waals surface area contributed by atoms with E-state index >= 15 is 0 Å². The minimum absolute atomic E-state index is 0.0130. The van der Waals surface area contributed by atoms with E-state index in [0.717, 1.165) is 5.56 Å². The van der Waals surface area contributed by atoms with E-state index in [1.54, 1.807) is 24.3 Å². The number of aliphatic carboxylic acids is 1. The molecule has 226 valence electrons. The first-order valence-electron chi connectivity index (χ1n) is 14.1. The highest BCUT2D eigenvalue weighted by molar-refractivity contribution is 5.94. The van der Waals surface area contributed by atoms with Crippen LogP contribution in [0.25, 0.3) is 0 Å². The standard InChI is InChI=1S/C32H36N4O7/c33-25(17-20-5-2-1-3-6-20)29(39)34-26(18-21-8-12-23(37)13-9-21)31(41)36-16-4-7-28(36)30(40)35-27(32(42)43)19-22-10-14-24(38)15-11-22/h1-3,5-6,8-15,25-28,37-38H,4,7,16-19,33H2,(H,34,39)(H,35,40)(H,42,43). The van der Waals surface area contributed by atoms with Gasteiger partial charge in [-0.25, -0.2) is 4.79 Å². The van der Waals surface area contributed by atoms with Crippen molar-refractivity contribution in [3.05, 3.63) is 95.6 Å². The summed E-state index contributed by atoms with van der Waals surface area (Å²) in [5.41, 5.74) is 8.33. The van der Waals surface area contributed by atoms with Crippen LogP contribution in [0.3, 0.4) is 0 Å². The Hall–Kier alpha value is -4.90. The molecule has 1 aliphatic rings. The zero-order valence-electron chi connectivity index (χ0n) is 23.6. The van der Waals surface area contributed by atoms with E-state index in [0.29, 0.717) is 24.0 Å². The van der Waals surface area contributed by atoms with Gasteiger partial charge in [-0.15, -0.1) is 0 Å². The van der Waals surface area contributed by atoms with E-state index in [1.807, 2.05) is 30.3 Å². The monoisotopic (exact) mass is 588 g/mol. The quantitative estimate of drug-likeness (QED) is 0.184. The number of carbonyl (C=O) groups excluding carboxylic acids is 3. The Morgan fingerprint density at radius 3 is 1.86 bits per heavy atom. The van der Waals surface area contributed by atoms with Gasteiger partial charge in [-0.2, -0.15) is 0 Å².